The van der Waals surface area contributed by atoms with Crippen molar-refractivity contribution in [3.63, 3.8) is 0 Å². The molecule has 1 fully saturated rings. The fourth-order valence-electron chi connectivity index (χ4n) is 2.67. The topological polar surface area (TPSA) is 55.1 Å². The molecule has 1 aromatic carbocycles. The highest BCUT2D eigenvalue weighted by atomic mass is 32.2. The van der Waals surface area contributed by atoms with Crippen LogP contribution in [0.2, 0.25) is 0 Å². The van der Waals surface area contributed by atoms with Crippen molar-refractivity contribution < 1.29 is 4.79 Å². The van der Waals surface area contributed by atoms with Crippen LogP contribution < -0.4 is 11.1 Å². The van der Waals surface area contributed by atoms with Crippen molar-refractivity contribution in [2.75, 3.05) is 6.26 Å². The summed E-state index contributed by atoms with van der Waals surface area (Å²) in [7, 11) is 0. The molecule has 1 saturated carbocycles. The molecule has 3 nitrogen and oxygen atoms in total. The molecule has 0 aliphatic heterocycles. The Kier molecular flexibility index (Phi) is 5.28. The molecule has 104 valence electrons. The lowest BCUT2D eigenvalue weighted by atomic mass is 10.0. The summed E-state index contributed by atoms with van der Waals surface area (Å²) in [5, 5.41) is 3.86. The Balaban J connectivity index is 1.87. The maximum Gasteiger partial charge on any atom is 0.224 e. The monoisotopic (exact) mass is 278 g/mol. The van der Waals surface area contributed by atoms with Gasteiger partial charge >= 0.3 is 0 Å². The van der Waals surface area contributed by atoms with E-state index in [9.17, 15) is 4.79 Å². The van der Waals surface area contributed by atoms with E-state index in [1.165, 1.54) is 6.42 Å². The molecule has 2 rings (SSSR count). The Morgan fingerprint density at radius 1 is 1.37 bits per heavy atom. The first-order valence-corrected chi connectivity index (χ1v) is 8.10. The molecule has 2 atom stereocenters. The van der Waals surface area contributed by atoms with E-state index in [-0.39, 0.29) is 5.91 Å². The summed E-state index contributed by atoms with van der Waals surface area (Å²) in [6, 6.07) is 8.25. The van der Waals surface area contributed by atoms with Crippen molar-refractivity contribution in [1.82, 2.24) is 5.32 Å². The van der Waals surface area contributed by atoms with Gasteiger partial charge in [-0.25, -0.2) is 0 Å². The number of carbonyl (C=O) groups excluding carboxylic acids is 1. The first kappa shape index (κ1) is 14.4. The average Bonchev–Trinajstić information content (AvgIpc) is 2.87. The molecule has 0 radical (unpaired) electrons. The zero-order valence-corrected chi connectivity index (χ0v) is 12.2. The van der Waals surface area contributed by atoms with Crippen LogP contribution in [0.5, 0.6) is 0 Å². The highest BCUT2D eigenvalue weighted by Gasteiger charge is 2.25. The third-order valence-corrected chi connectivity index (χ3v) is 4.87. The van der Waals surface area contributed by atoms with E-state index in [4.69, 9.17) is 5.73 Å². The lowest BCUT2D eigenvalue weighted by Crippen LogP contribution is -2.34. The van der Waals surface area contributed by atoms with Crippen LogP contribution in [0.25, 0.3) is 0 Å². The van der Waals surface area contributed by atoms with Crippen molar-refractivity contribution in [2.24, 2.45) is 5.73 Å². The normalized spacial score (nSPS) is 22.4. The van der Waals surface area contributed by atoms with Crippen molar-refractivity contribution in [2.45, 2.75) is 43.5 Å². The van der Waals surface area contributed by atoms with Gasteiger partial charge in [0.25, 0.3) is 0 Å². The SMILES string of the molecule is CSC1CCC(NC(=O)Cc2ccccc2CN)C1. The molecule has 0 saturated heterocycles. The standard InChI is InChI=1S/C15H22N2OS/c1-19-14-7-6-13(9-14)17-15(18)8-11-4-2-3-5-12(11)10-16/h2-5,13-14H,6-10,16H2,1H3,(H,17,18). The van der Waals surface area contributed by atoms with E-state index >= 15 is 0 Å². The first-order chi connectivity index (χ1) is 9.22. The van der Waals surface area contributed by atoms with Crippen LogP contribution in [0.4, 0.5) is 0 Å². The number of rotatable bonds is 5. The van der Waals surface area contributed by atoms with Crippen molar-refractivity contribution in [3.05, 3.63) is 35.4 Å². The van der Waals surface area contributed by atoms with Gasteiger partial charge in [0.2, 0.25) is 5.91 Å². The van der Waals surface area contributed by atoms with Crippen LogP contribution in [0.15, 0.2) is 24.3 Å². The molecule has 1 aliphatic carbocycles. The van der Waals surface area contributed by atoms with Gasteiger partial charge in [0.15, 0.2) is 0 Å². The minimum atomic E-state index is 0.118. The van der Waals surface area contributed by atoms with E-state index < -0.39 is 0 Å². The van der Waals surface area contributed by atoms with Crippen LogP contribution in [0, 0.1) is 0 Å². The number of hydrogen-bond acceptors (Lipinski definition) is 3. The number of thioether (sulfide) groups is 1. The van der Waals surface area contributed by atoms with Gasteiger partial charge in [-0.3, -0.25) is 4.79 Å². The van der Waals surface area contributed by atoms with Gasteiger partial charge in [-0.2, -0.15) is 11.8 Å². The Bertz CT molecular complexity index is 436. The third kappa shape index (κ3) is 3.98. The molecule has 0 bridgehead atoms. The summed E-state index contributed by atoms with van der Waals surface area (Å²) >= 11 is 1.91. The fourth-order valence-corrected chi connectivity index (χ4v) is 3.46. The smallest absolute Gasteiger partial charge is 0.224 e. The summed E-state index contributed by atoms with van der Waals surface area (Å²) in [4.78, 5) is 12.1. The highest BCUT2D eigenvalue weighted by molar-refractivity contribution is 7.99. The van der Waals surface area contributed by atoms with Gasteiger partial charge in [0, 0.05) is 17.8 Å². The predicted molar refractivity (Wildman–Crippen MR) is 81.1 cm³/mol. The molecule has 3 N–H and O–H groups in total. The molecule has 2 unspecified atom stereocenters. The van der Waals surface area contributed by atoms with Gasteiger partial charge in [-0.05, 0) is 36.6 Å². The van der Waals surface area contributed by atoms with E-state index in [2.05, 4.69) is 11.6 Å². The lowest BCUT2D eigenvalue weighted by molar-refractivity contribution is -0.121. The van der Waals surface area contributed by atoms with E-state index in [1.54, 1.807) is 0 Å². The number of nitrogens with one attached hydrogen (secondary N) is 1. The van der Waals surface area contributed by atoms with Gasteiger partial charge in [0.1, 0.15) is 0 Å². The van der Waals surface area contributed by atoms with E-state index in [0.29, 0.717) is 24.3 Å². The maximum absolute atomic E-state index is 12.1. The minimum absolute atomic E-state index is 0.118. The summed E-state index contributed by atoms with van der Waals surface area (Å²) in [6.45, 7) is 0.488. The molecule has 0 heterocycles. The Labute approximate surface area is 119 Å². The number of carbonyl (C=O) groups is 1. The van der Waals surface area contributed by atoms with Gasteiger partial charge in [0.05, 0.1) is 6.42 Å². The molecule has 1 aromatic rings. The summed E-state index contributed by atoms with van der Waals surface area (Å²) < 4.78 is 0. The molecule has 1 amide bonds. The highest BCUT2D eigenvalue weighted by Crippen LogP contribution is 2.28. The predicted octanol–water partition coefficient (Wildman–Crippen LogP) is 2.09. The zero-order chi connectivity index (χ0) is 13.7. The average molecular weight is 278 g/mol. The van der Waals surface area contributed by atoms with Crippen LogP contribution in [0.3, 0.4) is 0 Å². The van der Waals surface area contributed by atoms with Gasteiger partial charge in [-0.1, -0.05) is 24.3 Å². The number of benzene rings is 1. The first-order valence-electron chi connectivity index (χ1n) is 6.82. The van der Waals surface area contributed by atoms with Crippen molar-refractivity contribution in [3.8, 4) is 0 Å². The second-order valence-electron chi connectivity index (χ2n) is 5.08. The fraction of sp³-hybridized carbons (Fsp3) is 0.533. The van der Waals surface area contributed by atoms with E-state index in [1.807, 2.05) is 36.0 Å². The Hall–Kier alpha value is -1.00. The van der Waals surface area contributed by atoms with Gasteiger partial charge < -0.3 is 11.1 Å². The summed E-state index contributed by atoms with van der Waals surface area (Å²) in [6.07, 6.45) is 6.01. The second kappa shape index (κ2) is 6.96. The second-order valence-corrected chi connectivity index (χ2v) is 6.22. The van der Waals surface area contributed by atoms with Crippen LogP contribution in [-0.4, -0.2) is 23.5 Å². The zero-order valence-electron chi connectivity index (χ0n) is 11.4. The quantitative estimate of drug-likeness (QED) is 0.867. The number of amides is 1. The lowest BCUT2D eigenvalue weighted by Gasteiger charge is -2.14. The maximum atomic E-state index is 12.1. The molecular weight excluding hydrogens is 256 g/mol. The molecule has 1 aliphatic rings. The van der Waals surface area contributed by atoms with Crippen LogP contribution >= 0.6 is 11.8 Å². The Morgan fingerprint density at radius 3 is 2.74 bits per heavy atom. The molecular formula is C15H22N2OS. The largest absolute Gasteiger partial charge is 0.353 e. The van der Waals surface area contributed by atoms with Crippen molar-refractivity contribution >= 4 is 17.7 Å². The van der Waals surface area contributed by atoms with E-state index in [0.717, 1.165) is 24.0 Å². The van der Waals surface area contributed by atoms with Gasteiger partial charge in [-0.15, -0.1) is 0 Å². The summed E-state index contributed by atoms with van der Waals surface area (Å²) in [5.41, 5.74) is 7.80. The molecule has 0 spiro atoms. The minimum Gasteiger partial charge on any atom is -0.353 e. The molecule has 0 aromatic heterocycles. The van der Waals surface area contributed by atoms with Crippen LogP contribution in [0.1, 0.15) is 30.4 Å². The summed E-state index contributed by atoms with van der Waals surface area (Å²) in [5.74, 6) is 0.118. The molecule has 4 heteroatoms. The third-order valence-electron chi connectivity index (χ3n) is 3.77. The molecule has 19 heavy (non-hydrogen) atoms. The van der Waals surface area contributed by atoms with Crippen molar-refractivity contribution in [1.29, 1.82) is 0 Å². The number of nitrogens with two attached hydrogens (primary N) is 1. The number of hydrogen-bond donors (Lipinski definition) is 2. The Morgan fingerprint density at radius 2 is 2.11 bits per heavy atom. The van der Waals surface area contributed by atoms with Crippen LogP contribution in [-0.2, 0) is 17.8 Å².